The molecule has 3 aromatic rings. The Hall–Kier alpha value is -2.90. The highest BCUT2D eigenvalue weighted by atomic mass is 35.5. The minimum absolute atomic E-state index is 0.00339. The van der Waals surface area contributed by atoms with Crippen molar-refractivity contribution in [2.24, 2.45) is 0 Å². The maximum absolute atomic E-state index is 15.0. The first-order valence-electron chi connectivity index (χ1n) is 10.8. The van der Waals surface area contributed by atoms with Gasteiger partial charge in [0.2, 0.25) is 5.43 Å². The molecule has 1 saturated heterocycles. The van der Waals surface area contributed by atoms with Gasteiger partial charge in [0.05, 0.1) is 44.4 Å². The average molecular weight is 458 g/mol. The van der Waals surface area contributed by atoms with E-state index in [1.54, 1.807) is 24.4 Å². The van der Waals surface area contributed by atoms with Gasteiger partial charge in [-0.15, -0.1) is 0 Å². The summed E-state index contributed by atoms with van der Waals surface area (Å²) in [7, 11) is 2.13. The molecule has 0 spiro atoms. The number of quaternary nitrogens is 1. The molecule has 2 heterocycles. The zero-order valence-corrected chi connectivity index (χ0v) is 19.0. The number of carbonyl (C=O) groups is 1. The first kappa shape index (κ1) is 22.3. The summed E-state index contributed by atoms with van der Waals surface area (Å²) in [6, 6.07) is 10.1. The summed E-state index contributed by atoms with van der Waals surface area (Å²) in [5.41, 5.74) is 1.54. The van der Waals surface area contributed by atoms with Crippen molar-refractivity contribution in [3.05, 3.63) is 74.8 Å². The third kappa shape index (κ3) is 4.49. The number of nitrogens with zero attached hydrogens (tertiary/aromatic N) is 2. The van der Waals surface area contributed by atoms with Gasteiger partial charge < -0.3 is 19.7 Å². The van der Waals surface area contributed by atoms with Crippen LogP contribution < -0.4 is 20.5 Å². The minimum atomic E-state index is -0.486. The lowest BCUT2D eigenvalue weighted by Gasteiger charge is -2.32. The Bertz CT molecular complexity index is 1200. The molecule has 6 nitrogen and oxygen atoms in total. The third-order valence-electron chi connectivity index (χ3n) is 6.06. The zero-order valence-electron chi connectivity index (χ0n) is 18.3. The molecule has 168 valence electrons. The summed E-state index contributed by atoms with van der Waals surface area (Å²) in [4.78, 5) is 29.3. The number of likely N-dealkylation sites (N-methyl/N-ethyl adjacent to an activating group) is 1. The third-order valence-corrected chi connectivity index (χ3v) is 6.31. The molecular weight excluding hydrogens is 431 g/mol. The van der Waals surface area contributed by atoms with Crippen LogP contribution in [0.2, 0.25) is 5.02 Å². The quantitative estimate of drug-likeness (QED) is 0.616. The van der Waals surface area contributed by atoms with E-state index in [0.29, 0.717) is 22.8 Å². The van der Waals surface area contributed by atoms with Crippen LogP contribution in [-0.2, 0) is 13.1 Å². The highest BCUT2D eigenvalue weighted by molar-refractivity contribution is 6.30. The van der Waals surface area contributed by atoms with Crippen molar-refractivity contribution in [3.8, 4) is 0 Å². The molecule has 0 unspecified atom stereocenters. The summed E-state index contributed by atoms with van der Waals surface area (Å²) in [5.74, 6) is -0.920. The SMILES string of the molecule is CCn1cc(C(=O)NCc2ccc(Cl)cc2)c(=O)c2cc(F)c(N3CC[NH+](C)CC3)cc21. The second kappa shape index (κ2) is 9.30. The van der Waals surface area contributed by atoms with Gasteiger partial charge in [-0.2, -0.15) is 0 Å². The molecule has 0 atom stereocenters. The van der Waals surface area contributed by atoms with Crippen LogP contribution in [0.4, 0.5) is 10.1 Å². The molecule has 1 aliphatic rings. The topological polar surface area (TPSA) is 58.8 Å². The van der Waals surface area contributed by atoms with E-state index in [2.05, 4.69) is 12.4 Å². The summed E-state index contributed by atoms with van der Waals surface area (Å²) in [6.07, 6.45) is 1.57. The molecule has 8 heteroatoms. The number of amides is 1. The molecule has 4 rings (SSSR count). The first-order chi connectivity index (χ1) is 15.4. The van der Waals surface area contributed by atoms with Crippen molar-refractivity contribution >= 4 is 34.1 Å². The van der Waals surface area contributed by atoms with Gasteiger partial charge in [0, 0.05) is 29.7 Å². The molecule has 1 aliphatic heterocycles. The normalized spacial score (nSPS) is 14.7. The van der Waals surface area contributed by atoms with E-state index in [4.69, 9.17) is 11.6 Å². The fraction of sp³-hybridized carbons (Fsp3) is 0.333. The van der Waals surface area contributed by atoms with Crippen LogP contribution in [0, 0.1) is 5.82 Å². The van der Waals surface area contributed by atoms with Crippen LogP contribution in [0.1, 0.15) is 22.8 Å². The number of aryl methyl sites for hydroxylation is 1. The number of pyridine rings is 1. The number of nitrogens with one attached hydrogen (secondary N) is 2. The summed E-state index contributed by atoms with van der Waals surface area (Å²) >= 11 is 5.89. The molecule has 0 aliphatic carbocycles. The number of anilines is 1. The van der Waals surface area contributed by atoms with Gasteiger partial charge in [0.15, 0.2) is 0 Å². The number of halogens is 2. The van der Waals surface area contributed by atoms with Gasteiger partial charge in [-0.1, -0.05) is 23.7 Å². The molecular formula is C24H27ClFN4O2+. The van der Waals surface area contributed by atoms with Crippen LogP contribution in [0.25, 0.3) is 10.9 Å². The largest absolute Gasteiger partial charge is 0.358 e. The van der Waals surface area contributed by atoms with Crippen molar-refractivity contribution in [2.45, 2.75) is 20.0 Å². The first-order valence-corrected chi connectivity index (χ1v) is 11.2. The van der Waals surface area contributed by atoms with Gasteiger partial charge >= 0.3 is 0 Å². The summed E-state index contributed by atoms with van der Waals surface area (Å²) in [5, 5.41) is 3.60. The Morgan fingerprint density at radius 1 is 1.19 bits per heavy atom. The van der Waals surface area contributed by atoms with Crippen LogP contribution in [0.15, 0.2) is 47.4 Å². The Kier molecular flexibility index (Phi) is 6.48. The molecule has 0 bridgehead atoms. The minimum Gasteiger partial charge on any atom is -0.358 e. The van der Waals surface area contributed by atoms with E-state index in [9.17, 15) is 9.59 Å². The highest BCUT2D eigenvalue weighted by Gasteiger charge is 2.22. The number of hydrogen-bond acceptors (Lipinski definition) is 3. The number of carbonyl (C=O) groups excluding carboxylic acids is 1. The van der Waals surface area contributed by atoms with Gasteiger partial charge in [-0.25, -0.2) is 4.39 Å². The fourth-order valence-corrected chi connectivity index (χ4v) is 4.20. The van der Waals surface area contributed by atoms with E-state index >= 15 is 4.39 Å². The molecule has 0 saturated carbocycles. The van der Waals surface area contributed by atoms with Gasteiger partial charge in [-0.05, 0) is 36.8 Å². The highest BCUT2D eigenvalue weighted by Crippen LogP contribution is 2.25. The molecule has 1 fully saturated rings. The lowest BCUT2D eigenvalue weighted by molar-refractivity contribution is -0.880. The molecule has 2 aromatic carbocycles. The predicted molar refractivity (Wildman–Crippen MR) is 125 cm³/mol. The Balaban J connectivity index is 1.66. The van der Waals surface area contributed by atoms with E-state index in [1.165, 1.54) is 11.0 Å². The molecule has 1 amide bonds. The number of fused-ring (bicyclic) bond motifs is 1. The monoisotopic (exact) mass is 457 g/mol. The van der Waals surface area contributed by atoms with E-state index in [0.717, 1.165) is 31.7 Å². The second-order valence-corrected chi connectivity index (χ2v) is 8.67. The fourth-order valence-electron chi connectivity index (χ4n) is 4.07. The predicted octanol–water partition coefficient (Wildman–Crippen LogP) is 2.08. The standard InChI is InChI=1S/C24H26ClFN4O2/c1-3-29-15-19(24(32)27-14-16-4-6-17(25)7-5-16)23(31)18-12-20(26)22(13-21(18)29)30-10-8-28(2)9-11-30/h4-7,12-13,15H,3,8-11,14H2,1-2H3,(H,27,32)/p+1. The maximum Gasteiger partial charge on any atom is 0.257 e. The number of hydrogen-bond donors (Lipinski definition) is 2. The second-order valence-electron chi connectivity index (χ2n) is 8.23. The molecule has 0 radical (unpaired) electrons. The Morgan fingerprint density at radius 2 is 1.88 bits per heavy atom. The van der Waals surface area contributed by atoms with Crippen molar-refractivity contribution in [1.29, 1.82) is 0 Å². The van der Waals surface area contributed by atoms with Gasteiger partial charge in [0.1, 0.15) is 11.4 Å². The van der Waals surface area contributed by atoms with Crippen molar-refractivity contribution in [1.82, 2.24) is 9.88 Å². The Labute approximate surface area is 191 Å². The zero-order chi connectivity index (χ0) is 22.8. The van der Waals surface area contributed by atoms with Crippen LogP contribution >= 0.6 is 11.6 Å². The Morgan fingerprint density at radius 3 is 2.53 bits per heavy atom. The van der Waals surface area contributed by atoms with E-state index in [1.807, 2.05) is 28.5 Å². The van der Waals surface area contributed by atoms with Crippen molar-refractivity contribution in [3.63, 3.8) is 0 Å². The number of rotatable bonds is 5. The van der Waals surface area contributed by atoms with Crippen LogP contribution in [-0.4, -0.2) is 43.7 Å². The molecule has 32 heavy (non-hydrogen) atoms. The maximum atomic E-state index is 15.0. The lowest BCUT2D eigenvalue weighted by Crippen LogP contribution is -3.12. The number of benzene rings is 2. The van der Waals surface area contributed by atoms with Crippen molar-refractivity contribution < 1.29 is 14.1 Å². The average Bonchev–Trinajstić information content (AvgIpc) is 2.79. The van der Waals surface area contributed by atoms with Crippen LogP contribution in [0.5, 0.6) is 0 Å². The molecule has 1 aromatic heterocycles. The number of piperazine rings is 1. The van der Waals surface area contributed by atoms with Crippen molar-refractivity contribution in [2.75, 3.05) is 38.1 Å². The van der Waals surface area contributed by atoms with E-state index < -0.39 is 17.2 Å². The van der Waals surface area contributed by atoms with Crippen LogP contribution in [0.3, 0.4) is 0 Å². The van der Waals surface area contributed by atoms with E-state index in [-0.39, 0.29) is 17.5 Å². The summed E-state index contributed by atoms with van der Waals surface area (Å²) in [6.45, 7) is 6.13. The lowest BCUT2D eigenvalue weighted by atomic mass is 10.1. The smallest absolute Gasteiger partial charge is 0.257 e. The number of aromatic nitrogens is 1. The summed E-state index contributed by atoms with van der Waals surface area (Å²) < 4.78 is 16.9. The molecule has 2 N–H and O–H groups in total. The van der Waals surface area contributed by atoms with Gasteiger partial charge in [-0.3, -0.25) is 9.59 Å². The van der Waals surface area contributed by atoms with Gasteiger partial charge in [0.25, 0.3) is 5.91 Å².